The SMILES string of the molecule is CCN(CC)S(=O)(=O)c1cccc(C(=O)N[C@H](C(=O)NC2CCS(=O)(=O)C2)C(C)C)c1. The van der Waals surface area contributed by atoms with Crippen LogP contribution in [0.3, 0.4) is 0 Å². The van der Waals surface area contributed by atoms with Crippen LogP contribution in [0.15, 0.2) is 29.2 Å². The van der Waals surface area contributed by atoms with Gasteiger partial charge in [0.05, 0.1) is 16.4 Å². The number of carbonyl (C=O) groups is 2. The number of benzene rings is 1. The van der Waals surface area contributed by atoms with Gasteiger partial charge in [-0.1, -0.05) is 33.8 Å². The van der Waals surface area contributed by atoms with Crippen molar-refractivity contribution in [1.29, 1.82) is 0 Å². The highest BCUT2D eigenvalue weighted by molar-refractivity contribution is 7.91. The molecule has 2 rings (SSSR count). The molecule has 1 saturated heterocycles. The third kappa shape index (κ3) is 6.27. The number of sulfonamides is 1. The molecular weight excluding hydrogens is 442 g/mol. The van der Waals surface area contributed by atoms with Gasteiger partial charge in [-0.15, -0.1) is 0 Å². The maximum absolute atomic E-state index is 12.8. The molecular formula is C20H31N3O6S2. The smallest absolute Gasteiger partial charge is 0.251 e. The Morgan fingerprint density at radius 2 is 1.84 bits per heavy atom. The summed E-state index contributed by atoms with van der Waals surface area (Å²) in [6.45, 7) is 7.61. The summed E-state index contributed by atoms with van der Waals surface area (Å²) in [7, 11) is -6.87. The van der Waals surface area contributed by atoms with Gasteiger partial charge in [0.25, 0.3) is 5.91 Å². The molecule has 2 amide bonds. The van der Waals surface area contributed by atoms with E-state index in [1.165, 1.54) is 28.6 Å². The van der Waals surface area contributed by atoms with Gasteiger partial charge >= 0.3 is 0 Å². The molecule has 0 aromatic heterocycles. The molecule has 1 aromatic rings. The van der Waals surface area contributed by atoms with E-state index in [2.05, 4.69) is 10.6 Å². The van der Waals surface area contributed by atoms with Crippen molar-refractivity contribution in [3.05, 3.63) is 29.8 Å². The molecule has 1 heterocycles. The fraction of sp³-hybridized carbons (Fsp3) is 0.600. The minimum Gasteiger partial charge on any atom is -0.351 e. The number of hydrogen-bond donors (Lipinski definition) is 2. The lowest BCUT2D eigenvalue weighted by Gasteiger charge is -2.24. The Hall–Kier alpha value is -1.98. The summed E-state index contributed by atoms with van der Waals surface area (Å²) >= 11 is 0. The fourth-order valence-corrected chi connectivity index (χ4v) is 6.65. The first kappa shape index (κ1) is 25.3. The van der Waals surface area contributed by atoms with Crippen molar-refractivity contribution in [2.24, 2.45) is 5.92 Å². The van der Waals surface area contributed by atoms with Crippen LogP contribution in [-0.2, 0) is 24.7 Å². The van der Waals surface area contributed by atoms with Gasteiger partial charge in [0.1, 0.15) is 6.04 Å². The van der Waals surface area contributed by atoms with Crippen LogP contribution in [0.2, 0.25) is 0 Å². The minimum atomic E-state index is -3.73. The van der Waals surface area contributed by atoms with E-state index < -0.39 is 43.8 Å². The normalized spacial score (nSPS) is 19.4. The average molecular weight is 474 g/mol. The molecule has 1 aromatic carbocycles. The van der Waals surface area contributed by atoms with Gasteiger partial charge in [-0.2, -0.15) is 4.31 Å². The second-order valence-corrected chi connectivity index (χ2v) is 12.1. The first-order valence-corrected chi connectivity index (χ1v) is 13.6. The standard InChI is InChI=1S/C20H31N3O6S2/c1-5-23(6-2)31(28,29)17-9-7-8-15(12-17)19(24)22-18(14(3)4)20(25)21-16-10-11-30(26,27)13-16/h7-9,12,14,16,18H,5-6,10-11,13H2,1-4H3,(H,21,25)(H,22,24)/t16?,18-/m0/s1. The maximum Gasteiger partial charge on any atom is 0.251 e. The molecule has 1 aliphatic rings. The zero-order valence-electron chi connectivity index (χ0n) is 18.3. The Morgan fingerprint density at radius 1 is 1.19 bits per heavy atom. The van der Waals surface area contributed by atoms with Crippen molar-refractivity contribution in [2.45, 2.75) is 51.1 Å². The van der Waals surface area contributed by atoms with E-state index in [4.69, 9.17) is 0 Å². The third-order valence-corrected chi connectivity index (χ3v) is 9.07. The van der Waals surface area contributed by atoms with E-state index in [0.29, 0.717) is 19.5 Å². The summed E-state index contributed by atoms with van der Waals surface area (Å²) in [5.74, 6) is -1.38. The average Bonchev–Trinajstić information content (AvgIpc) is 3.04. The number of nitrogens with zero attached hydrogens (tertiary/aromatic N) is 1. The molecule has 0 bridgehead atoms. The molecule has 2 N–H and O–H groups in total. The van der Waals surface area contributed by atoms with Gasteiger partial charge in [-0.05, 0) is 30.5 Å². The largest absolute Gasteiger partial charge is 0.351 e. The first-order valence-electron chi connectivity index (χ1n) is 10.3. The van der Waals surface area contributed by atoms with Crippen molar-refractivity contribution in [3.8, 4) is 0 Å². The molecule has 1 unspecified atom stereocenters. The van der Waals surface area contributed by atoms with E-state index >= 15 is 0 Å². The highest BCUT2D eigenvalue weighted by Gasteiger charge is 2.32. The molecule has 9 nitrogen and oxygen atoms in total. The number of sulfone groups is 1. The van der Waals surface area contributed by atoms with Gasteiger partial charge in [0.15, 0.2) is 9.84 Å². The van der Waals surface area contributed by atoms with Gasteiger partial charge in [-0.25, -0.2) is 16.8 Å². The molecule has 0 aliphatic carbocycles. The fourth-order valence-electron chi connectivity index (χ4n) is 3.47. The number of amides is 2. The van der Waals surface area contributed by atoms with Gasteiger partial charge in [-0.3, -0.25) is 9.59 Å². The van der Waals surface area contributed by atoms with E-state index in [0.717, 1.165) is 0 Å². The Morgan fingerprint density at radius 3 is 2.35 bits per heavy atom. The van der Waals surface area contributed by atoms with Crippen LogP contribution >= 0.6 is 0 Å². The van der Waals surface area contributed by atoms with Crippen LogP contribution in [0.25, 0.3) is 0 Å². The lowest BCUT2D eigenvalue weighted by molar-refractivity contribution is -0.124. The molecule has 1 aliphatic heterocycles. The van der Waals surface area contributed by atoms with Crippen LogP contribution in [-0.4, -0.2) is 69.6 Å². The molecule has 1 fully saturated rings. The Kier molecular flexibility index (Phi) is 8.23. The topological polar surface area (TPSA) is 130 Å². The summed E-state index contributed by atoms with van der Waals surface area (Å²) in [6, 6.07) is 4.32. The zero-order valence-corrected chi connectivity index (χ0v) is 19.9. The summed E-state index contributed by atoms with van der Waals surface area (Å²) < 4.78 is 50.0. The molecule has 174 valence electrons. The van der Waals surface area contributed by atoms with E-state index in [9.17, 15) is 26.4 Å². The highest BCUT2D eigenvalue weighted by atomic mass is 32.2. The quantitative estimate of drug-likeness (QED) is 0.545. The molecule has 11 heteroatoms. The van der Waals surface area contributed by atoms with Crippen LogP contribution in [0.1, 0.15) is 44.5 Å². The second-order valence-electron chi connectivity index (χ2n) is 7.92. The predicted octanol–water partition coefficient (Wildman–Crippen LogP) is 0.775. The third-order valence-electron chi connectivity index (χ3n) is 5.25. The summed E-state index contributed by atoms with van der Waals surface area (Å²) in [6.07, 6.45) is 0.345. The van der Waals surface area contributed by atoms with Crippen LogP contribution in [0.5, 0.6) is 0 Å². The lowest BCUT2D eigenvalue weighted by atomic mass is 10.0. The molecule has 31 heavy (non-hydrogen) atoms. The van der Waals surface area contributed by atoms with E-state index in [1.807, 2.05) is 0 Å². The summed E-state index contributed by atoms with van der Waals surface area (Å²) in [5.41, 5.74) is 0.120. The van der Waals surface area contributed by atoms with Crippen LogP contribution < -0.4 is 10.6 Å². The van der Waals surface area contributed by atoms with Gasteiger partial charge in [0.2, 0.25) is 15.9 Å². The minimum absolute atomic E-state index is 0.00515. The van der Waals surface area contributed by atoms with Crippen LogP contribution in [0.4, 0.5) is 0 Å². The number of carbonyl (C=O) groups excluding carboxylic acids is 2. The van der Waals surface area contributed by atoms with Gasteiger partial charge in [0, 0.05) is 24.7 Å². The molecule has 2 atom stereocenters. The predicted molar refractivity (Wildman–Crippen MR) is 118 cm³/mol. The monoisotopic (exact) mass is 473 g/mol. The Balaban J connectivity index is 2.17. The molecule has 0 saturated carbocycles. The van der Waals surface area contributed by atoms with Gasteiger partial charge < -0.3 is 10.6 Å². The molecule has 0 spiro atoms. The van der Waals surface area contributed by atoms with Crippen molar-refractivity contribution >= 4 is 31.7 Å². The number of hydrogen-bond acceptors (Lipinski definition) is 6. The van der Waals surface area contributed by atoms with Crippen molar-refractivity contribution in [3.63, 3.8) is 0 Å². The van der Waals surface area contributed by atoms with Crippen molar-refractivity contribution in [1.82, 2.24) is 14.9 Å². The van der Waals surface area contributed by atoms with Crippen molar-refractivity contribution in [2.75, 3.05) is 24.6 Å². The Bertz CT molecular complexity index is 1020. The van der Waals surface area contributed by atoms with Crippen LogP contribution in [0, 0.1) is 5.92 Å². The van der Waals surface area contributed by atoms with Crippen molar-refractivity contribution < 1.29 is 26.4 Å². The summed E-state index contributed by atoms with van der Waals surface area (Å²) in [5, 5.41) is 5.36. The van der Waals surface area contributed by atoms with E-state index in [-0.39, 0.29) is 27.9 Å². The maximum atomic E-state index is 12.8. The Labute approximate surface area is 184 Å². The first-order chi connectivity index (χ1) is 14.4. The zero-order chi connectivity index (χ0) is 23.4. The number of nitrogens with one attached hydrogen (secondary N) is 2. The highest BCUT2D eigenvalue weighted by Crippen LogP contribution is 2.18. The number of rotatable bonds is 9. The summed E-state index contributed by atoms with van der Waals surface area (Å²) in [4.78, 5) is 25.5. The second kappa shape index (κ2) is 10.1. The lowest BCUT2D eigenvalue weighted by Crippen LogP contribution is -2.52. The van der Waals surface area contributed by atoms with E-state index in [1.54, 1.807) is 27.7 Å². The molecule has 0 radical (unpaired) electrons.